The van der Waals surface area contributed by atoms with Crippen LogP contribution in [0.3, 0.4) is 0 Å². The fraction of sp³-hybridized carbons (Fsp3) is 0.333. The fourth-order valence-electron chi connectivity index (χ4n) is 3.09. The third kappa shape index (κ3) is 3.28. The van der Waals surface area contributed by atoms with E-state index in [0.29, 0.717) is 12.0 Å². The molecule has 4 nitrogen and oxygen atoms in total. The minimum absolute atomic E-state index is 0.157. The van der Waals surface area contributed by atoms with Gasteiger partial charge in [0, 0.05) is 18.9 Å². The summed E-state index contributed by atoms with van der Waals surface area (Å²) in [5, 5.41) is 9.95. The molecule has 1 fully saturated rings. The standard InChI is InChI=1S/C18H18F2N2O2/c1-11-9-21-5-4-12(11)7-18(24)22-10-14(23)8-17(22)13-2-3-15(19)16(20)6-13/h2-6,9,14,17,23H,7-8,10H2,1H3/t14-,17+/m0/s1. The predicted octanol–water partition coefficient (Wildman–Crippen LogP) is 2.55. The van der Waals surface area contributed by atoms with Crippen LogP contribution in [0.25, 0.3) is 0 Å². The van der Waals surface area contributed by atoms with E-state index in [2.05, 4.69) is 4.98 Å². The highest BCUT2D eigenvalue weighted by Gasteiger charge is 2.35. The summed E-state index contributed by atoms with van der Waals surface area (Å²) in [7, 11) is 0. The van der Waals surface area contributed by atoms with Crippen molar-refractivity contribution in [1.29, 1.82) is 0 Å². The van der Waals surface area contributed by atoms with Crippen molar-refractivity contribution >= 4 is 5.91 Å². The van der Waals surface area contributed by atoms with E-state index in [0.717, 1.165) is 23.3 Å². The van der Waals surface area contributed by atoms with E-state index in [1.807, 2.05) is 6.92 Å². The van der Waals surface area contributed by atoms with Crippen molar-refractivity contribution in [2.75, 3.05) is 6.54 Å². The summed E-state index contributed by atoms with van der Waals surface area (Å²) in [6.45, 7) is 2.06. The lowest BCUT2D eigenvalue weighted by molar-refractivity contribution is -0.131. The van der Waals surface area contributed by atoms with Gasteiger partial charge in [0.2, 0.25) is 5.91 Å². The molecular formula is C18H18F2N2O2. The summed E-state index contributed by atoms with van der Waals surface area (Å²) in [5.41, 5.74) is 2.26. The first kappa shape index (κ1) is 16.5. The van der Waals surface area contributed by atoms with E-state index in [-0.39, 0.29) is 18.9 Å². The van der Waals surface area contributed by atoms with E-state index >= 15 is 0 Å². The molecule has 126 valence electrons. The van der Waals surface area contributed by atoms with Crippen LogP contribution in [0.5, 0.6) is 0 Å². The summed E-state index contributed by atoms with van der Waals surface area (Å²) >= 11 is 0. The molecule has 2 atom stereocenters. The van der Waals surface area contributed by atoms with E-state index < -0.39 is 23.8 Å². The van der Waals surface area contributed by atoms with Crippen LogP contribution >= 0.6 is 0 Å². The number of amides is 1. The number of β-amino-alcohol motifs (C(OH)–C–C–N with tert-alkyl or cyclic N) is 1. The highest BCUT2D eigenvalue weighted by molar-refractivity contribution is 5.80. The lowest BCUT2D eigenvalue weighted by Crippen LogP contribution is -2.33. The van der Waals surface area contributed by atoms with Crippen LogP contribution in [-0.2, 0) is 11.2 Å². The Morgan fingerprint density at radius 3 is 2.83 bits per heavy atom. The van der Waals surface area contributed by atoms with Gasteiger partial charge in [-0.25, -0.2) is 8.78 Å². The molecule has 0 aliphatic carbocycles. The van der Waals surface area contributed by atoms with Crippen LogP contribution in [0, 0.1) is 18.6 Å². The molecule has 2 aromatic rings. The molecule has 1 aliphatic heterocycles. The zero-order valence-electron chi connectivity index (χ0n) is 13.2. The van der Waals surface area contributed by atoms with Gasteiger partial charge in [0.05, 0.1) is 18.6 Å². The van der Waals surface area contributed by atoms with Gasteiger partial charge in [0.1, 0.15) is 0 Å². The number of aliphatic hydroxyl groups excluding tert-OH is 1. The second-order valence-electron chi connectivity index (χ2n) is 6.10. The van der Waals surface area contributed by atoms with Gasteiger partial charge in [0.15, 0.2) is 11.6 Å². The van der Waals surface area contributed by atoms with Gasteiger partial charge in [-0.1, -0.05) is 6.07 Å². The van der Waals surface area contributed by atoms with Crippen LogP contribution in [-0.4, -0.2) is 33.5 Å². The molecule has 0 bridgehead atoms. The Morgan fingerprint density at radius 1 is 1.33 bits per heavy atom. The molecule has 0 spiro atoms. The number of aryl methyl sites for hydroxylation is 1. The van der Waals surface area contributed by atoms with Crippen molar-refractivity contribution in [3.8, 4) is 0 Å². The Labute approximate surface area is 138 Å². The van der Waals surface area contributed by atoms with E-state index in [1.54, 1.807) is 18.5 Å². The second kappa shape index (κ2) is 6.65. The number of halogens is 2. The molecule has 1 aromatic heterocycles. The molecule has 1 aliphatic rings. The molecule has 2 heterocycles. The van der Waals surface area contributed by atoms with Crippen LogP contribution in [0.2, 0.25) is 0 Å². The quantitative estimate of drug-likeness (QED) is 0.940. The van der Waals surface area contributed by atoms with Gasteiger partial charge in [-0.2, -0.15) is 0 Å². The number of likely N-dealkylation sites (tertiary alicyclic amines) is 1. The zero-order valence-corrected chi connectivity index (χ0v) is 13.2. The van der Waals surface area contributed by atoms with Crippen molar-refractivity contribution in [2.24, 2.45) is 0 Å². The maximum Gasteiger partial charge on any atom is 0.227 e. The Hall–Kier alpha value is -2.34. The van der Waals surface area contributed by atoms with Crippen LogP contribution in [0.15, 0.2) is 36.7 Å². The lowest BCUT2D eigenvalue weighted by Gasteiger charge is -2.25. The summed E-state index contributed by atoms with van der Waals surface area (Å²) in [5.74, 6) is -2.04. The smallest absolute Gasteiger partial charge is 0.227 e. The zero-order chi connectivity index (χ0) is 17.3. The van der Waals surface area contributed by atoms with Crippen LogP contribution in [0.1, 0.15) is 29.2 Å². The van der Waals surface area contributed by atoms with E-state index in [9.17, 15) is 18.7 Å². The van der Waals surface area contributed by atoms with Crippen molar-refractivity contribution < 1.29 is 18.7 Å². The monoisotopic (exact) mass is 332 g/mol. The van der Waals surface area contributed by atoms with Gasteiger partial charge in [-0.15, -0.1) is 0 Å². The van der Waals surface area contributed by atoms with Gasteiger partial charge < -0.3 is 10.0 Å². The summed E-state index contributed by atoms with van der Waals surface area (Å²) in [6.07, 6.45) is 3.13. The highest BCUT2D eigenvalue weighted by Crippen LogP contribution is 2.33. The Balaban J connectivity index is 1.83. The lowest BCUT2D eigenvalue weighted by atomic mass is 10.0. The number of carbonyl (C=O) groups is 1. The molecule has 1 N–H and O–H groups in total. The molecule has 24 heavy (non-hydrogen) atoms. The molecule has 0 saturated carbocycles. The number of hydrogen-bond acceptors (Lipinski definition) is 3. The Kier molecular flexibility index (Phi) is 4.57. The summed E-state index contributed by atoms with van der Waals surface area (Å²) in [6, 6.07) is 4.93. The van der Waals surface area contributed by atoms with Crippen molar-refractivity contribution in [3.05, 3.63) is 65.0 Å². The molecule has 3 rings (SSSR count). The number of hydrogen-bond donors (Lipinski definition) is 1. The van der Waals surface area contributed by atoms with Crippen molar-refractivity contribution in [3.63, 3.8) is 0 Å². The summed E-state index contributed by atoms with van der Waals surface area (Å²) < 4.78 is 26.6. The van der Waals surface area contributed by atoms with Crippen molar-refractivity contribution in [1.82, 2.24) is 9.88 Å². The largest absolute Gasteiger partial charge is 0.391 e. The number of benzene rings is 1. The molecule has 1 saturated heterocycles. The number of nitrogens with zero attached hydrogens (tertiary/aromatic N) is 2. The van der Waals surface area contributed by atoms with Crippen LogP contribution in [0.4, 0.5) is 8.78 Å². The second-order valence-corrected chi connectivity index (χ2v) is 6.10. The number of pyridine rings is 1. The molecular weight excluding hydrogens is 314 g/mol. The van der Waals surface area contributed by atoms with Crippen molar-refractivity contribution in [2.45, 2.75) is 31.9 Å². The number of aromatic nitrogens is 1. The van der Waals surface area contributed by atoms with E-state index in [4.69, 9.17) is 0 Å². The van der Waals surface area contributed by atoms with Gasteiger partial charge in [-0.3, -0.25) is 9.78 Å². The third-order valence-electron chi connectivity index (χ3n) is 4.41. The first-order chi connectivity index (χ1) is 11.5. The molecule has 6 heteroatoms. The molecule has 0 unspecified atom stereocenters. The molecule has 0 radical (unpaired) electrons. The topological polar surface area (TPSA) is 53.4 Å². The average molecular weight is 332 g/mol. The average Bonchev–Trinajstić information content (AvgIpc) is 2.94. The minimum atomic E-state index is -0.953. The van der Waals surface area contributed by atoms with E-state index in [1.165, 1.54) is 11.0 Å². The number of aliphatic hydroxyl groups is 1. The molecule has 1 aromatic carbocycles. The first-order valence-corrected chi connectivity index (χ1v) is 7.77. The third-order valence-corrected chi connectivity index (χ3v) is 4.41. The van der Waals surface area contributed by atoms with Gasteiger partial charge >= 0.3 is 0 Å². The minimum Gasteiger partial charge on any atom is -0.391 e. The Bertz CT molecular complexity index is 766. The Morgan fingerprint density at radius 2 is 2.12 bits per heavy atom. The normalized spacial score (nSPS) is 20.4. The maximum absolute atomic E-state index is 13.5. The van der Waals surface area contributed by atoms with Gasteiger partial charge in [-0.05, 0) is 48.2 Å². The SMILES string of the molecule is Cc1cnccc1CC(=O)N1C[C@@H](O)C[C@@H]1c1ccc(F)c(F)c1. The fourth-order valence-corrected chi connectivity index (χ4v) is 3.09. The van der Waals surface area contributed by atoms with Crippen LogP contribution < -0.4 is 0 Å². The maximum atomic E-state index is 13.5. The number of rotatable bonds is 3. The first-order valence-electron chi connectivity index (χ1n) is 7.77. The predicted molar refractivity (Wildman–Crippen MR) is 84.1 cm³/mol. The summed E-state index contributed by atoms with van der Waals surface area (Å²) in [4.78, 5) is 18.2. The number of carbonyl (C=O) groups excluding carboxylic acids is 1. The molecule has 1 amide bonds. The van der Waals surface area contributed by atoms with Gasteiger partial charge in [0.25, 0.3) is 0 Å². The highest BCUT2D eigenvalue weighted by atomic mass is 19.2.